The summed E-state index contributed by atoms with van der Waals surface area (Å²) in [7, 11) is 1.58. The number of halogens is 1. The number of rotatable bonds is 3. The van der Waals surface area contributed by atoms with Gasteiger partial charge in [-0.2, -0.15) is 0 Å². The average Bonchev–Trinajstić information content (AvgIpc) is 2.86. The van der Waals surface area contributed by atoms with Crippen molar-refractivity contribution in [1.29, 1.82) is 0 Å². The summed E-state index contributed by atoms with van der Waals surface area (Å²) in [6.45, 7) is 0.632. The summed E-state index contributed by atoms with van der Waals surface area (Å²) in [5.74, 6) is -0.813. The number of aromatic nitrogens is 1. The predicted octanol–water partition coefficient (Wildman–Crippen LogP) is 1.26. The van der Waals surface area contributed by atoms with Crippen molar-refractivity contribution < 1.29 is 14.7 Å². The van der Waals surface area contributed by atoms with Crippen LogP contribution in [0.2, 0.25) is 0 Å². The number of nitrogens with zero attached hydrogens (tertiary/aromatic N) is 2. The highest BCUT2D eigenvalue weighted by atomic mass is 79.9. The van der Waals surface area contributed by atoms with Crippen molar-refractivity contribution in [2.75, 3.05) is 18.5 Å². The zero-order chi connectivity index (χ0) is 14.0. The van der Waals surface area contributed by atoms with Crippen LogP contribution >= 0.6 is 15.9 Å². The smallest absolute Gasteiger partial charge is 0.339 e. The van der Waals surface area contributed by atoms with Gasteiger partial charge >= 0.3 is 5.97 Å². The van der Waals surface area contributed by atoms with Crippen LogP contribution in [0.4, 0.5) is 5.82 Å². The summed E-state index contributed by atoms with van der Waals surface area (Å²) in [6, 6.07) is 1.15. The molecular formula is C12H14BrN3O3. The van der Waals surface area contributed by atoms with E-state index < -0.39 is 5.97 Å². The van der Waals surface area contributed by atoms with Gasteiger partial charge in [0.1, 0.15) is 17.4 Å². The molecule has 1 aliphatic heterocycles. The van der Waals surface area contributed by atoms with Crippen molar-refractivity contribution in [2.24, 2.45) is 0 Å². The van der Waals surface area contributed by atoms with Gasteiger partial charge < -0.3 is 15.3 Å². The predicted molar refractivity (Wildman–Crippen MR) is 73.3 cm³/mol. The number of hydrogen-bond donors (Lipinski definition) is 2. The van der Waals surface area contributed by atoms with E-state index in [4.69, 9.17) is 0 Å². The Labute approximate surface area is 118 Å². The third-order valence-corrected chi connectivity index (χ3v) is 3.57. The molecule has 0 bridgehead atoms. The molecule has 1 unspecified atom stereocenters. The molecule has 1 atom stereocenters. The Hall–Kier alpha value is -1.63. The topological polar surface area (TPSA) is 82.5 Å². The van der Waals surface area contributed by atoms with Crippen LogP contribution < -0.4 is 10.2 Å². The van der Waals surface area contributed by atoms with Gasteiger partial charge in [-0.3, -0.25) is 4.79 Å². The van der Waals surface area contributed by atoms with E-state index in [2.05, 4.69) is 26.2 Å². The molecule has 2 N–H and O–H groups in total. The molecule has 0 aromatic carbocycles. The Morgan fingerprint density at radius 1 is 1.58 bits per heavy atom. The van der Waals surface area contributed by atoms with Gasteiger partial charge in [-0.05, 0) is 34.8 Å². The number of carboxylic acid groups (broad SMARTS) is 1. The third kappa shape index (κ3) is 2.70. The number of pyridine rings is 1. The Kier molecular flexibility index (Phi) is 4.04. The van der Waals surface area contributed by atoms with E-state index >= 15 is 0 Å². The first kappa shape index (κ1) is 13.8. The van der Waals surface area contributed by atoms with Gasteiger partial charge in [0.15, 0.2) is 0 Å². The molecule has 19 heavy (non-hydrogen) atoms. The van der Waals surface area contributed by atoms with Gasteiger partial charge in [0.05, 0.1) is 0 Å². The summed E-state index contributed by atoms with van der Waals surface area (Å²) in [6.07, 6.45) is 3.09. The lowest BCUT2D eigenvalue weighted by atomic mass is 10.2. The number of nitrogens with one attached hydrogen (secondary N) is 1. The fourth-order valence-corrected chi connectivity index (χ4v) is 2.61. The monoisotopic (exact) mass is 327 g/mol. The molecule has 1 aromatic rings. The highest BCUT2D eigenvalue weighted by molar-refractivity contribution is 9.10. The molecule has 1 aromatic heterocycles. The number of carboxylic acids is 1. The third-order valence-electron chi connectivity index (χ3n) is 3.14. The van der Waals surface area contributed by atoms with Crippen LogP contribution in [0.3, 0.4) is 0 Å². The van der Waals surface area contributed by atoms with Gasteiger partial charge in [0.25, 0.3) is 0 Å². The molecule has 2 heterocycles. The number of aromatic carboxylic acids is 1. The lowest BCUT2D eigenvalue weighted by Gasteiger charge is -2.25. The van der Waals surface area contributed by atoms with E-state index in [9.17, 15) is 14.7 Å². The van der Waals surface area contributed by atoms with Crippen molar-refractivity contribution in [3.8, 4) is 0 Å². The van der Waals surface area contributed by atoms with E-state index in [1.54, 1.807) is 18.1 Å². The van der Waals surface area contributed by atoms with E-state index in [0.717, 1.165) is 6.42 Å². The van der Waals surface area contributed by atoms with Gasteiger partial charge in [0, 0.05) is 24.3 Å². The SMILES string of the molecule is CNC(=O)C1CCCN1c1ncc(Br)cc1C(=O)O. The average molecular weight is 328 g/mol. The minimum Gasteiger partial charge on any atom is -0.478 e. The lowest BCUT2D eigenvalue weighted by Crippen LogP contribution is -2.42. The summed E-state index contributed by atoms with van der Waals surface area (Å²) in [5.41, 5.74) is 0.102. The molecule has 2 rings (SSSR count). The number of amides is 1. The van der Waals surface area contributed by atoms with Crippen molar-refractivity contribution in [3.05, 3.63) is 22.3 Å². The summed E-state index contributed by atoms with van der Waals surface area (Å²) >= 11 is 3.21. The number of hydrogen-bond acceptors (Lipinski definition) is 4. The van der Waals surface area contributed by atoms with Crippen molar-refractivity contribution in [3.63, 3.8) is 0 Å². The van der Waals surface area contributed by atoms with Gasteiger partial charge in [-0.25, -0.2) is 9.78 Å². The molecule has 1 amide bonds. The minimum absolute atomic E-state index is 0.102. The highest BCUT2D eigenvalue weighted by Gasteiger charge is 2.33. The molecule has 0 saturated carbocycles. The first-order chi connectivity index (χ1) is 9.04. The number of anilines is 1. The normalized spacial score (nSPS) is 18.4. The fraction of sp³-hybridized carbons (Fsp3) is 0.417. The van der Waals surface area contributed by atoms with E-state index in [-0.39, 0.29) is 17.5 Å². The number of carbonyl (C=O) groups excluding carboxylic acids is 1. The first-order valence-electron chi connectivity index (χ1n) is 5.91. The second kappa shape index (κ2) is 5.56. The zero-order valence-corrected chi connectivity index (χ0v) is 12.0. The first-order valence-corrected chi connectivity index (χ1v) is 6.71. The molecule has 1 aliphatic rings. The maximum absolute atomic E-state index is 11.8. The number of likely N-dealkylation sites (N-methyl/N-ethyl adjacent to an activating group) is 1. The van der Waals surface area contributed by atoms with E-state index in [1.807, 2.05) is 0 Å². The number of carbonyl (C=O) groups is 2. The fourth-order valence-electron chi connectivity index (χ4n) is 2.28. The Balaban J connectivity index is 2.40. The lowest BCUT2D eigenvalue weighted by molar-refractivity contribution is -0.121. The molecular weight excluding hydrogens is 314 g/mol. The molecule has 7 heteroatoms. The van der Waals surface area contributed by atoms with Crippen LogP contribution in [0.1, 0.15) is 23.2 Å². The molecule has 0 aliphatic carbocycles. The maximum atomic E-state index is 11.8. The quantitative estimate of drug-likeness (QED) is 0.873. The molecule has 1 fully saturated rings. The standard InChI is InChI=1S/C12H14BrN3O3/c1-14-11(17)9-3-2-4-16(9)10-8(12(18)19)5-7(13)6-15-10/h5-6,9H,2-4H2,1H3,(H,14,17)(H,18,19). The van der Waals surface area contributed by atoms with Crippen LogP contribution in [0.15, 0.2) is 16.7 Å². The van der Waals surface area contributed by atoms with Gasteiger partial charge in [0.2, 0.25) is 5.91 Å². The van der Waals surface area contributed by atoms with E-state index in [0.29, 0.717) is 23.3 Å². The van der Waals surface area contributed by atoms with Crippen LogP contribution in [-0.4, -0.2) is 41.6 Å². The van der Waals surface area contributed by atoms with E-state index in [1.165, 1.54) is 6.07 Å². The largest absolute Gasteiger partial charge is 0.478 e. The van der Waals surface area contributed by atoms with Crippen molar-refractivity contribution in [2.45, 2.75) is 18.9 Å². The van der Waals surface area contributed by atoms with Crippen LogP contribution in [0.5, 0.6) is 0 Å². The Bertz CT molecular complexity index is 521. The highest BCUT2D eigenvalue weighted by Crippen LogP contribution is 2.28. The molecule has 0 spiro atoms. The summed E-state index contributed by atoms with van der Waals surface area (Å²) in [5, 5.41) is 11.8. The summed E-state index contributed by atoms with van der Waals surface area (Å²) < 4.78 is 0.601. The second-order valence-electron chi connectivity index (χ2n) is 4.30. The zero-order valence-electron chi connectivity index (χ0n) is 10.4. The summed E-state index contributed by atoms with van der Waals surface area (Å²) in [4.78, 5) is 29.0. The van der Waals surface area contributed by atoms with Gasteiger partial charge in [-0.1, -0.05) is 0 Å². The van der Waals surface area contributed by atoms with Gasteiger partial charge in [-0.15, -0.1) is 0 Å². The Morgan fingerprint density at radius 2 is 2.32 bits per heavy atom. The van der Waals surface area contributed by atoms with Crippen LogP contribution in [0.25, 0.3) is 0 Å². The second-order valence-corrected chi connectivity index (χ2v) is 5.21. The Morgan fingerprint density at radius 3 is 2.95 bits per heavy atom. The van der Waals surface area contributed by atoms with Crippen molar-refractivity contribution >= 4 is 33.6 Å². The van der Waals surface area contributed by atoms with Crippen LogP contribution in [0, 0.1) is 0 Å². The molecule has 1 saturated heterocycles. The van der Waals surface area contributed by atoms with Crippen LogP contribution in [-0.2, 0) is 4.79 Å². The van der Waals surface area contributed by atoms with Crippen molar-refractivity contribution in [1.82, 2.24) is 10.3 Å². The minimum atomic E-state index is -1.05. The molecule has 0 radical (unpaired) electrons. The molecule has 102 valence electrons. The molecule has 6 nitrogen and oxygen atoms in total. The maximum Gasteiger partial charge on any atom is 0.339 e.